The van der Waals surface area contributed by atoms with E-state index in [0.717, 1.165) is 16.9 Å². The highest BCUT2D eigenvalue weighted by molar-refractivity contribution is 7.99. The molecule has 4 nitrogen and oxygen atoms in total. The van der Waals surface area contributed by atoms with Crippen LogP contribution in [0, 0.1) is 18.3 Å². The molecule has 1 amide bonds. The van der Waals surface area contributed by atoms with Gasteiger partial charge in [-0.3, -0.25) is 4.79 Å². The van der Waals surface area contributed by atoms with Crippen molar-refractivity contribution < 1.29 is 9.21 Å². The van der Waals surface area contributed by atoms with Crippen molar-refractivity contribution in [2.45, 2.75) is 30.3 Å². The molecule has 0 radical (unpaired) electrons. The van der Waals surface area contributed by atoms with Crippen LogP contribution >= 0.6 is 11.8 Å². The second-order valence-corrected chi connectivity index (χ2v) is 7.28. The molecule has 0 unspecified atom stereocenters. The fourth-order valence-corrected chi connectivity index (χ4v) is 3.40. The highest BCUT2D eigenvalue weighted by Gasteiger charge is 2.13. The molecule has 0 bridgehead atoms. The Bertz CT molecular complexity index is 1040. The Morgan fingerprint density at radius 3 is 2.61 bits per heavy atom. The summed E-state index contributed by atoms with van der Waals surface area (Å²) >= 11 is 1.49. The number of amides is 1. The number of hydrogen-bond acceptors (Lipinski definition) is 4. The first-order chi connectivity index (χ1) is 13.6. The summed E-state index contributed by atoms with van der Waals surface area (Å²) in [6.45, 7) is 4.06. The normalized spacial score (nSPS) is 11.1. The van der Waals surface area contributed by atoms with E-state index in [1.165, 1.54) is 23.4 Å². The molecule has 0 aliphatic heterocycles. The van der Waals surface area contributed by atoms with Crippen LogP contribution in [-0.4, -0.2) is 5.91 Å². The molecule has 0 aliphatic carbocycles. The number of para-hydroxylation sites is 1. The molecule has 5 heteroatoms. The minimum Gasteiger partial charge on any atom is -0.450 e. The third-order valence-electron chi connectivity index (χ3n) is 4.14. The van der Waals surface area contributed by atoms with Gasteiger partial charge in [0.05, 0.1) is 0 Å². The number of nitrogens with one attached hydrogen (secondary N) is 1. The van der Waals surface area contributed by atoms with Gasteiger partial charge in [-0.2, -0.15) is 5.26 Å². The molecule has 3 rings (SSSR count). The number of carbonyl (C=O) groups is 1. The monoisotopic (exact) mass is 388 g/mol. The predicted molar refractivity (Wildman–Crippen MR) is 112 cm³/mol. The summed E-state index contributed by atoms with van der Waals surface area (Å²) in [6.07, 6.45) is 2.25. The van der Waals surface area contributed by atoms with Gasteiger partial charge >= 0.3 is 0 Å². The van der Waals surface area contributed by atoms with Crippen molar-refractivity contribution in [2.75, 3.05) is 5.32 Å². The summed E-state index contributed by atoms with van der Waals surface area (Å²) < 4.78 is 5.75. The van der Waals surface area contributed by atoms with Crippen molar-refractivity contribution in [3.63, 3.8) is 0 Å². The Morgan fingerprint density at radius 1 is 1.14 bits per heavy atom. The zero-order valence-electron chi connectivity index (χ0n) is 15.7. The van der Waals surface area contributed by atoms with E-state index in [2.05, 4.69) is 5.32 Å². The fourth-order valence-electron chi connectivity index (χ4n) is 2.62. The van der Waals surface area contributed by atoms with Crippen LogP contribution in [0.1, 0.15) is 23.8 Å². The number of furan rings is 1. The van der Waals surface area contributed by atoms with Gasteiger partial charge in [0.25, 0.3) is 5.91 Å². The lowest BCUT2D eigenvalue weighted by Crippen LogP contribution is -2.14. The quantitative estimate of drug-likeness (QED) is 0.425. The van der Waals surface area contributed by atoms with Crippen LogP contribution in [0.4, 0.5) is 5.69 Å². The van der Waals surface area contributed by atoms with Crippen LogP contribution in [0.5, 0.6) is 0 Å². The molecule has 1 N–H and O–H groups in total. The molecular formula is C23H20N2O2S. The smallest absolute Gasteiger partial charge is 0.266 e. The first kappa shape index (κ1) is 19.5. The average Bonchev–Trinajstić information content (AvgIpc) is 3.15. The largest absolute Gasteiger partial charge is 0.450 e. The lowest BCUT2D eigenvalue weighted by Gasteiger charge is -2.08. The van der Waals surface area contributed by atoms with E-state index in [9.17, 15) is 10.1 Å². The van der Waals surface area contributed by atoms with Crippen LogP contribution in [0.3, 0.4) is 0 Å². The predicted octanol–water partition coefficient (Wildman–Crippen LogP) is 5.85. The van der Waals surface area contributed by atoms with Gasteiger partial charge in [-0.05, 0) is 49.2 Å². The fraction of sp³-hybridized carbons (Fsp3) is 0.130. The number of hydrogen-bond donors (Lipinski definition) is 1. The highest BCUT2D eigenvalue weighted by Crippen LogP contribution is 2.30. The third-order valence-corrected chi connectivity index (χ3v) is 5.07. The second-order valence-electron chi connectivity index (χ2n) is 6.21. The molecule has 0 saturated heterocycles. The van der Waals surface area contributed by atoms with E-state index in [1.807, 2.05) is 74.5 Å². The van der Waals surface area contributed by atoms with Gasteiger partial charge in [0.15, 0.2) is 5.09 Å². The summed E-state index contributed by atoms with van der Waals surface area (Å²) in [5, 5.41) is 12.9. The Morgan fingerprint density at radius 2 is 1.89 bits per heavy atom. The van der Waals surface area contributed by atoms with Gasteiger partial charge < -0.3 is 9.73 Å². The van der Waals surface area contributed by atoms with Crippen molar-refractivity contribution in [3.8, 4) is 6.07 Å². The van der Waals surface area contributed by atoms with E-state index >= 15 is 0 Å². The summed E-state index contributed by atoms with van der Waals surface area (Å²) in [5.41, 5.74) is 2.92. The molecule has 2 aromatic carbocycles. The highest BCUT2D eigenvalue weighted by atomic mass is 32.2. The zero-order chi connectivity index (χ0) is 19.9. The van der Waals surface area contributed by atoms with E-state index < -0.39 is 5.91 Å². The number of benzene rings is 2. The standard InChI is InChI=1S/C23H20N2O2S/c1-3-17-6-4-5-7-21(17)25-23(26)18(15-24)14-19-10-13-22(27-19)28-20-11-8-16(2)9-12-20/h4-14H,3H2,1-2H3,(H,25,26)/b18-14-. The van der Waals surface area contributed by atoms with Crippen molar-refractivity contribution >= 4 is 29.4 Å². The maximum atomic E-state index is 12.5. The van der Waals surface area contributed by atoms with Crippen molar-refractivity contribution in [2.24, 2.45) is 0 Å². The minimum atomic E-state index is -0.451. The molecule has 0 atom stereocenters. The maximum Gasteiger partial charge on any atom is 0.266 e. The van der Waals surface area contributed by atoms with Gasteiger partial charge in [0.1, 0.15) is 17.4 Å². The number of nitrogens with zero attached hydrogens (tertiary/aromatic N) is 1. The Labute approximate surface area is 168 Å². The molecule has 28 heavy (non-hydrogen) atoms. The van der Waals surface area contributed by atoms with Crippen molar-refractivity contribution in [3.05, 3.63) is 83.1 Å². The molecule has 140 valence electrons. The first-order valence-corrected chi connectivity index (χ1v) is 9.76. The van der Waals surface area contributed by atoms with Gasteiger partial charge in [-0.15, -0.1) is 0 Å². The molecule has 0 spiro atoms. The number of aryl methyl sites for hydroxylation is 2. The van der Waals surface area contributed by atoms with Crippen LogP contribution < -0.4 is 5.32 Å². The lowest BCUT2D eigenvalue weighted by atomic mass is 10.1. The number of nitriles is 1. The zero-order valence-corrected chi connectivity index (χ0v) is 16.5. The van der Waals surface area contributed by atoms with E-state index in [1.54, 1.807) is 6.07 Å². The number of anilines is 1. The Kier molecular flexibility index (Phi) is 6.36. The Hall–Kier alpha value is -3.23. The summed E-state index contributed by atoms with van der Waals surface area (Å²) in [7, 11) is 0. The van der Waals surface area contributed by atoms with E-state index in [-0.39, 0.29) is 5.57 Å². The third kappa shape index (κ3) is 4.93. The van der Waals surface area contributed by atoms with Gasteiger partial charge in [-0.25, -0.2) is 0 Å². The van der Waals surface area contributed by atoms with Gasteiger partial charge in [-0.1, -0.05) is 54.6 Å². The molecule has 3 aromatic rings. The van der Waals surface area contributed by atoms with Gasteiger partial charge in [0, 0.05) is 16.7 Å². The SMILES string of the molecule is CCc1ccccc1NC(=O)/C(C#N)=C\c1ccc(Sc2ccc(C)cc2)o1. The molecular weight excluding hydrogens is 368 g/mol. The van der Waals surface area contributed by atoms with Crippen molar-refractivity contribution in [1.29, 1.82) is 5.26 Å². The molecule has 0 fully saturated rings. The van der Waals surface area contributed by atoms with Crippen LogP contribution in [0.15, 0.2) is 80.6 Å². The molecule has 0 saturated carbocycles. The van der Waals surface area contributed by atoms with E-state index in [0.29, 0.717) is 16.5 Å². The average molecular weight is 388 g/mol. The molecule has 0 aliphatic rings. The number of rotatable bonds is 6. The van der Waals surface area contributed by atoms with Crippen LogP contribution in [-0.2, 0) is 11.2 Å². The van der Waals surface area contributed by atoms with Gasteiger partial charge in [0.2, 0.25) is 0 Å². The van der Waals surface area contributed by atoms with Crippen LogP contribution in [0.25, 0.3) is 6.08 Å². The summed E-state index contributed by atoms with van der Waals surface area (Å²) in [4.78, 5) is 13.6. The molecule has 1 aromatic heterocycles. The second kappa shape index (κ2) is 9.12. The summed E-state index contributed by atoms with van der Waals surface area (Å²) in [5.74, 6) is 0.0117. The Balaban J connectivity index is 1.73. The van der Waals surface area contributed by atoms with E-state index in [4.69, 9.17) is 4.42 Å². The lowest BCUT2D eigenvalue weighted by molar-refractivity contribution is -0.112. The first-order valence-electron chi connectivity index (χ1n) is 8.94. The number of carbonyl (C=O) groups excluding carboxylic acids is 1. The van der Waals surface area contributed by atoms with Crippen molar-refractivity contribution in [1.82, 2.24) is 0 Å². The minimum absolute atomic E-state index is 0.00728. The molecule has 1 heterocycles. The maximum absolute atomic E-state index is 12.5. The summed E-state index contributed by atoms with van der Waals surface area (Å²) in [6, 6.07) is 21.2. The van der Waals surface area contributed by atoms with Crippen LogP contribution in [0.2, 0.25) is 0 Å². The topological polar surface area (TPSA) is 66.0 Å².